The van der Waals surface area contributed by atoms with Gasteiger partial charge in [-0.1, -0.05) is 0 Å². The molecule has 3 rings (SSSR count). The van der Waals surface area contributed by atoms with E-state index in [1.807, 2.05) is 0 Å². The molecule has 0 aliphatic carbocycles. The zero-order valence-corrected chi connectivity index (χ0v) is 10.3. The summed E-state index contributed by atoms with van der Waals surface area (Å²) in [5.74, 6) is -3.44. The molecule has 2 aromatic heterocycles. The maximum Gasteiger partial charge on any atom is 0.280 e. The zero-order chi connectivity index (χ0) is 15.4. The standard InChI is InChI=1S/C10H10F3N5O3/c11-3-5(12)10(13,1-19)21-8(3)18-2-15-4-6(18)16-9(14)17-7(4)20/h2-3,5,8,19H,1H2,(H3,14,16,17,20). The number of ether oxygens (including phenoxy) is 1. The predicted molar refractivity (Wildman–Crippen MR) is 63.4 cm³/mol. The van der Waals surface area contributed by atoms with E-state index in [2.05, 4.69) is 19.7 Å². The highest BCUT2D eigenvalue weighted by Crippen LogP contribution is 2.42. The van der Waals surface area contributed by atoms with E-state index in [1.165, 1.54) is 0 Å². The molecule has 0 spiro atoms. The average Bonchev–Trinajstić information content (AvgIpc) is 2.95. The molecule has 4 N–H and O–H groups in total. The number of halogens is 3. The van der Waals surface area contributed by atoms with Gasteiger partial charge >= 0.3 is 0 Å². The second-order valence-corrected chi connectivity index (χ2v) is 4.57. The van der Waals surface area contributed by atoms with E-state index in [0.29, 0.717) is 0 Å². The van der Waals surface area contributed by atoms with Gasteiger partial charge in [0.15, 0.2) is 29.7 Å². The first-order chi connectivity index (χ1) is 9.87. The highest BCUT2D eigenvalue weighted by atomic mass is 19.2. The summed E-state index contributed by atoms with van der Waals surface area (Å²) >= 11 is 0. The van der Waals surface area contributed by atoms with Crippen LogP contribution in [-0.4, -0.2) is 49.4 Å². The van der Waals surface area contributed by atoms with Crippen LogP contribution >= 0.6 is 0 Å². The monoisotopic (exact) mass is 305 g/mol. The third-order valence-electron chi connectivity index (χ3n) is 3.22. The van der Waals surface area contributed by atoms with E-state index in [0.717, 1.165) is 10.9 Å². The normalized spacial score (nSPS) is 32.9. The van der Waals surface area contributed by atoms with Crippen molar-refractivity contribution in [1.29, 1.82) is 0 Å². The molecule has 3 heterocycles. The van der Waals surface area contributed by atoms with Gasteiger partial charge in [0.05, 0.1) is 6.33 Å². The number of hydrogen-bond donors (Lipinski definition) is 3. The Hall–Kier alpha value is -2.14. The first-order valence-corrected chi connectivity index (χ1v) is 5.85. The van der Waals surface area contributed by atoms with E-state index < -0.39 is 36.6 Å². The van der Waals surface area contributed by atoms with Gasteiger partial charge in [0.2, 0.25) is 5.95 Å². The smallest absolute Gasteiger partial charge is 0.280 e. The van der Waals surface area contributed by atoms with Gasteiger partial charge in [-0.2, -0.15) is 4.98 Å². The Morgan fingerprint density at radius 2 is 2.29 bits per heavy atom. The van der Waals surface area contributed by atoms with Gasteiger partial charge in [-0.3, -0.25) is 14.3 Å². The van der Waals surface area contributed by atoms with Crippen LogP contribution in [0.1, 0.15) is 6.23 Å². The number of nitrogens with zero attached hydrogens (tertiary/aromatic N) is 3. The quantitative estimate of drug-likeness (QED) is 0.692. The van der Waals surface area contributed by atoms with Gasteiger partial charge in [-0.25, -0.2) is 18.2 Å². The summed E-state index contributed by atoms with van der Waals surface area (Å²) in [6.45, 7) is -1.35. The third kappa shape index (κ3) is 1.88. The highest BCUT2D eigenvalue weighted by molar-refractivity contribution is 5.70. The first-order valence-electron chi connectivity index (χ1n) is 5.85. The van der Waals surface area contributed by atoms with Crippen LogP contribution in [0.15, 0.2) is 11.1 Å². The number of rotatable bonds is 2. The van der Waals surface area contributed by atoms with Crippen molar-refractivity contribution in [2.24, 2.45) is 0 Å². The lowest BCUT2D eigenvalue weighted by atomic mass is 10.1. The molecule has 1 aliphatic rings. The average molecular weight is 305 g/mol. The molecular formula is C10H10F3N5O3. The van der Waals surface area contributed by atoms with E-state index in [9.17, 15) is 18.0 Å². The van der Waals surface area contributed by atoms with Crippen LogP contribution in [0.3, 0.4) is 0 Å². The van der Waals surface area contributed by atoms with Gasteiger partial charge in [0.1, 0.15) is 6.61 Å². The number of aromatic nitrogens is 4. The second kappa shape index (κ2) is 4.43. The topological polar surface area (TPSA) is 119 Å². The molecule has 21 heavy (non-hydrogen) atoms. The van der Waals surface area contributed by atoms with Crippen molar-refractivity contribution < 1.29 is 23.0 Å². The molecule has 0 saturated carbocycles. The van der Waals surface area contributed by atoms with Crippen LogP contribution in [0.2, 0.25) is 0 Å². The Morgan fingerprint density at radius 1 is 1.57 bits per heavy atom. The number of fused-ring (bicyclic) bond motifs is 1. The summed E-state index contributed by atoms with van der Waals surface area (Å²) in [5.41, 5.74) is 4.31. The lowest BCUT2D eigenvalue weighted by Crippen LogP contribution is -2.38. The van der Waals surface area contributed by atoms with Crippen molar-refractivity contribution in [3.05, 3.63) is 16.7 Å². The van der Waals surface area contributed by atoms with Crippen molar-refractivity contribution in [3.8, 4) is 0 Å². The van der Waals surface area contributed by atoms with Gasteiger partial charge < -0.3 is 15.6 Å². The van der Waals surface area contributed by atoms with E-state index in [4.69, 9.17) is 10.8 Å². The Bertz CT molecular complexity index is 749. The molecule has 0 amide bonds. The maximum atomic E-state index is 13.9. The summed E-state index contributed by atoms with van der Waals surface area (Å²) in [5, 5.41) is 8.81. The molecule has 114 valence electrons. The second-order valence-electron chi connectivity index (χ2n) is 4.57. The molecule has 1 aliphatic heterocycles. The maximum absolute atomic E-state index is 13.9. The lowest BCUT2D eigenvalue weighted by molar-refractivity contribution is -0.195. The summed E-state index contributed by atoms with van der Waals surface area (Å²) in [7, 11) is 0. The molecule has 11 heteroatoms. The summed E-state index contributed by atoms with van der Waals surface area (Å²) in [4.78, 5) is 21.2. The van der Waals surface area contributed by atoms with E-state index >= 15 is 0 Å². The minimum atomic E-state index is -3.17. The van der Waals surface area contributed by atoms with Crippen LogP contribution in [0, 0.1) is 0 Å². The number of hydrogen-bond acceptors (Lipinski definition) is 6. The number of H-pyrrole nitrogens is 1. The predicted octanol–water partition coefficient (Wildman–Crippen LogP) is -0.435. The Kier molecular flexibility index (Phi) is 2.92. The molecule has 0 aromatic carbocycles. The number of anilines is 1. The van der Waals surface area contributed by atoms with Gasteiger partial charge in [-0.15, -0.1) is 0 Å². The highest BCUT2D eigenvalue weighted by Gasteiger charge is 2.58. The Labute approximate surface area is 114 Å². The number of alkyl halides is 3. The number of aliphatic hydroxyl groups excluding tert-OH is 1. The molecule has 2 aromatic rings. The molecule has 4 unspecified atom stereocenters. The number of nitrogens with one attached hydrogen (secondary N) is 1. The summed E-state index contributed by atoms with van der Waals surface area (Å²) in [6, 6.07) is 0. The minimum absolute atomic E-state index is 0.182. The van der Waals surface area contributed by atoms with E-state index in [-0.39, 0.29) is 17.1 Å². The Morgan fingerprint density at radius 3 is 2.90 bits per heavy atom. The SMILES string of the molecule is Nc1nc2c(ncn2C2OC(F)(CO)C(F)C2F)c(=O)[nH]1. The zero-order valence-electron chi connectivity index (χ0n) is 10.3. The van der Waals surface area contributed by atoms with Crippen molar-refractivity contribution in [2.45, 2.75) is 24.4 Å². The molecule has 8 nitrogen and oxygen atoms in total. The number of imidazole rings is 1. The first kappa shape index (κ1) is 13.8. The number of aliphatic hydroxyl groups is 1. The molecule has 0 radical (unpaired) electrons. The van der Waals surface area contributed by atoms with Crippen LogP contribution in [0.25, 0.3) is 11.2 Å². The van der Waals surface area contributed by atoms with Crippen LogP contribution in [-0.2, 0) is 4.74 Å². The van der Waals surface area contributed by atoms with Crippen molar-refractivity contribution >= 4 is 17.1 Å². The number of aromatic amines is 1. The summed E-state index contributed by atoms with van der Waals surface area (Å²) < 4.78 is 46.8. The molecular weight excluding hydrogens is 295 g/mol. The summed E-state index contributed by atoms with van der Waals surface area (Å²) in [6.07, 6.45) is -5.92. The fourth-order valence-corrected chi connectivity index (χ4v) is 2.18. The largest absolute Gasteiger partial charge is 0.390 e. The minimum Gasteiger partial charge on any atom is -0.390 e. The van der Waals surface area contributed by atoms with Crippen LogP contribution in [0.5, 0.6) is 0 Å². The van der Waals surface area contributed by atoms with E-state index in [1.54, 1.807) is 0 Å². The van der Waals surface area contributed by atoms with Crippen molar-refractivity contribution in [2.75, 3.05) is 12.3 Å². The number of nitrogens with two attached hydrogens (primary N) is 1. The third-order valence-corrected chi connectivity index (χ3v) is 3.22. The van der Waals surface area contributed by atoms with Crippen LogP contribution < -0.4 is 11.3 Å². The van der Waals surface area contributed by atoms with Crippen molar-refractivity contribution in [3.63, 3.8) is 0 Å². The van der Waals surface area contributed by atoms with Crippen LogP contribution in [0.4, 0.5) is 19.1 Å². The molecule has 1 fully saturated rings. The number of nitrogen functional groups attached to an aromatic ring is 1. The lowest BCUT2D eigenvalue weighted by Gasteiger charge is -2.18. The van der Waals surface area contributed by atoms with Gasteiger partial charge in [0.25, 0.3) is 11.4 Å². The fourth-order valence-electron chi connectivity index (χ4n) is 2.18. The van der Waals surface area contributed by atoms with Gasteiger partial charge in [-0.05, 0) is 0 Å². The molecule has 4 atom stereocenters. The van der Waals surface area contributed by atoms with Crippen molar-refractivity contribution in [1.82, 2.24) is 19.5 Å². The fraction of sp³-hybridized carbons (Fsp3) is 0.500. The Balaban J connectivity index is 2.12. The van der Waals surface area contributed by atoms with Gasteiger partial charge in [0, 0.05) is 0 Å². The molecule has 1 saturated heterocycles. The molecule has 0 bridgehead atoms.